The molecule has 2 aliphatic heterocycles. The Morgan fingerprint density at radius 3 is 2.03 bits per heavy atom. The summed E-state index contributed by atoms with van der Waals surface area (Å²) < 4.78 is 5.78. The van der Waals surface area contributed by atoms with Gasteiger partial charge >= 0.3 is 0 Å². The number of nitrogens with one attached hydrogen (secondary N) is 1. The first-order valence-electron chi connectivity index (χ1n) is 10.0. The molecule has 2 aromatic rings. The number of rotatable bonds is 5. The van der Waals surface area contributed by atoms with Gasteiger partial charge in [0.1, 0.15) is 11.5 Å². The van der Waals surface area contributed by atoms with Crippen molar-refractivity contribution in [3.63, 3.8) is 0 Å². The van der Waals surface area contributed by atoms with Gasteiger partial charge in [-0.25, -0.2) is 0 Å². The van der Waals surface area contributed by atoms with Gasteiger partial charge in [-0.2, -0.15) is 0 Å². The molecule has 1 atom stereocenters. The summed E-state index contributed by atoms with van der Waals surface area (Å²) >= 11 is 0. The smallest absolute Gasteiger partial charge is 0.253 e. The minimum atomic E-state index is -0.472. The number of amides is 2. The van der Waals surface area contributed by atoms with Gasteiger partial charge in [0.2, 0.25) is 5.91 Å². The molecule has 0 aliphatic carbocycles. The molecule has 2 aliphatic rings. The molecule has 30 heavy (non-hydrogen) atoms. The molecule has 2 fully saturated rings. The fourth-order valence-corrected chi connectivity index (χ4v) is 3.94. The van der Waals surface area contributed by atoms with Gasteiger partial charge in [0.25, 0.3) is 5.91 Å². The van der Waals surface area contributed by atoms with Crippen LogP contribution >= 0.6 is 12.4 Å². The van der Waals surface area contributed by atoms with Gasteiger partial charge in [-0.05, 0) is 55.0 Å². The summed E-state index contributed by atoms with van der Waals surface area (Å²) in [5, 5.41) is 3.37. The maximum atomic E-state index is 12.9. The van der Waals surface area contributed by atoms with E-state index in [1.165, 1.54) is 0 Å². The summed E-state index contributed by atoms with van der Waals surface area (Å²) in [5.41, 5.74) is 6.35. The Kier molecular flexibility index (Phi) is 7.31. The minimum Gasteiger partial charge on any atom is -0.457 e. The lowest BCUT2D eigenvalue weighted by Gasteiger charge is -2.32. The molecule has 0 aromatic heterocycles. The van der Waals surface area contributed by atoms with E-state index in [9.17, 15) is 9.59 Å². The van der Waals surface area contributed by atoms with Crippen LogP contribution in [0.2, 0.25) is 0 Å². The van der Waals surface area contributed by atoms with Crippen molar-refractivity contribution in [1.29, 1.82) is 0 Å². The Hall–Kier alpha value is -2.61. The molecule has 1 unspecified atom stereocenters. The number of carbonyl (C=O) groups excluding carboxylic acids is 2. The Bertz CT molecular complexity index is 867. The van der Waals surface area contributed by atoms with Crippen LogP contribution in [0.15, 0.2) is 48.5 Å². The second kappa shape index (κ2) is 9.93. The molecular weight excluding hydrogens is 404 g/mol. The Morgan fingerprint density at radius 1 is 0.900 bits per heavy atom. The highest BCUT2D eigenvalue weighted by Gasteiger charge is 2.31. The van der Waals surface area contributed by atoms with Crippen molar-refractivity contribution >= 4 is 24.2 Å². The molecule has 0 spiro atoms. The summed E-state index contributed by atoms with van der Waals surface area (Å²) in [7, 11) is 0. The third kappa shape index (κ3) is 5.11. The van der Waals surface area contributed by atoms with Gasteiger partial charge in [-0.1, -0.05) is 0 Å². The fourth-order valence-electron chi connectivity index (χ4n) is 3.94. The number of benzene rings is 2. The van der Waals surface area contributed by atoms with E-state index >= 15 is 0 Å². The predicted octanol–water partition coefficient (Wildman–Crippen LogP) is 2.12. The van der Waals surface area contributed by atoms with Crippen molar-refractivity contribution in [2.45, 2.75) is 12.5 Å². The van der Waals surface area contributed by atoms with E-state index in [4.69, 9.17) is 10.5 Å². The third-order valence-corrected chi connectivity index (χ3v) is 5.59. The van der Waals surface area contributed by atoms with Crippen molar-refractivity contribution < 1.29 is 14.3 Å². The van der Waals surface area contributed by atoms with Crippen molar-refractivity contribution in [2.24, 2.45) is 5.73 Å². The van der Waals surface area contributed by atoms with Gasteiger partial charge < -0.3 is 20.7 Å². The molecule has 2 heterocycles. The number of nitrogens with zero attached hydrogens (tertiary/aromatic N) is 2. The van der Waals surface area contributed by atoms with Crippen LogP contribution in [0.4, 0.5) is 0 Å². The molecular formula is C22H27ClN4O3. The zero-order valence-corrected chi connectivity index (χ0v) is 17.6. The average molecular weight is 431 g/mol. The Labute approximate surface area is 182 Å². The fraction of sp³-hybridized carbons (Fsp3) is 0.364. The molecule has 160 valence electrons. The lowest BCUT2D eigenvalue weighted by molar-refractivity contribution is 0.0773. The topological polar surface area (TPSA) is 87.9 Å². The zero-order chi connectivity index (χ0) is 20.2. The number of piperazine rings is 1. The summed E-state index contributed by atoms with van der Waals surface area (Å²) in [6.07, 6.45) is 1.04. The molecule has 3 N–H and O–H groups in total. The average Bonchev–Trinajstić information content (AvgIpc) is 3.25. The molecule has 0 saturated carbocycles. The number of likely N-dealkylation sites (tertiary alicyclic amines) is 1. The quantitative estimate of drug-likeness (QED) is 0.758. The molecule has 2 aromatic carbocycles. The SMILES string of the molecule is Cl.NC(=O)c1ccc(Oc2ccc(C(=O)N3CCC(N4CCNCC4)C3)cc2)cc1. The number of nitrogens with two attached hydrogens (primary N) is 1. The van der Waals surface area contributed by atoms with Gasteiger partial charge in [-0.15, -0.1) is 12.4 Å². The maximum absolute atomic E-state index is 12.9. The lowest BCUT2D eigenvalue weighted by atomic mass is 10.2. The summed E-state index contributed by atoms with van der Waals surface area (Å²) in [4.78, 5) is 28.4. The summed E-state index contributed by atoms with van der Waals surface area (Å²) in [6.45, 7) is 5.76. The number of halogens is 1. The number of ether oxygens (including phenoxy) is 1. The van der Waals surface area contributed by atoms with E-state index in [0.29, 0.717) is 28.7 Å². The normalized spacial score (nSPS) is 19.2. The lowest BCUT2D eigenvalue weighted by Crippen LogP contribution is -2.49. The summed E-state index contributed by atoms with van der Waals surface area (Å²) in [5.74, 6) is 0.835. The third-order valence-electron chi connectivity index (χ3n) is 5.59. The van der Waals surface area contributed by atoms with E-state index in [0.717, 1.165) is 45.7 Å². The maximum Gasteiger partial charge on any atom is 0.253 e. The first kappa shape index (κ1) is 22.1. The van der Waals surface area contributed by atoms with E-state index in [1.807, 2.05) is 4.90 Å². The number of primary amides is 1. The molecule has 0 bridgehead atoms. The van der Waals surface area contributed by atoms with Crippen LogP contribution in [0.3, 0.4) is 0 Å². The molecule has 0 radical (unpaired) electrons. The van der Waals surface area contributed by atoms with Crippen LogP contribution in [0.25, 0.3) is 0 Å². The Balaban J connectivity index is 0.00000256. The molecule has 2 saturated heterocycles. The highest BCUT2D eigenvalue weighted by atomic mass is 35.5. The highest BCUT2D eigenvalue weighted by molar-refractivity contribution is 5.94. The standard InChI is InChI=1S/C22H26N4O3.ClH/c23-21(27)16-1-5-19(6-2-16)29-20-7-3-17(4-8-20)22(28)26-12-9-18(15-26)25-13-10-24-11-14-25;/h1-8,18,24H,9-15H2,(H2,23,27);1H. The zero-order valence-electron chi connectivity index (χ0n) is 16.8. The second-order valence-electron chi connectivity index (χ2n) is 7.49. The molecule has 8 heteroatoms. The van der Waals surface area contributed by atoms with Gasteiger partial charge in [0.05, 0.1) is 0 Å². The van der Waals surface area contributed by atoms with Crippen LogP contribution in [-0.4, -0.2) is 66.9 Å². The van der Waals surface area contributed by atoms with Gasteiger partial charge in [0.15, 0.2) is 0 Å². The monoisotopic (exact) mass is 430 g/mol. The Morgan fingerprint density at radius 2 is 1.47 bits per heavy atom. The second-order valence-corrected chi connectivity index (χ2v) is 7.49. The first-order chi connectivity index (χ1) is 14.1. The largest absolute Gasteiger partial charge is 0.457 e. The highest BCUT2D eigenvalue weighted by Crippen LogP contribution is 2.24. The van der Waals surface area contributed by atoms with E-state index in [2.05, 4.69) is 10.2 Å². The van der Waals surface area contributed by atoms with Crippen LogP contribution in [0.5, 0.6) is 11.5 Å². The van der Waals surface area contributed by atoms with Crippen molar-refractivity contribution in [2.75, 3.05) is 39.3 Å². The molecule has 4 rings (SSSR count). The van der Waals surface area contributed by atoms with Crippen LogP contribution < -0.4 is 15.8 Å². The number of hydrogen-bond donors (Lipinski definition) is 2. The number of hydrogen-bond acceptors (Lipinski definition) is 5. The van der Waals surface area contributed by atoms with Crippen LogP contribution in [-0.2, 0) is 0 Å². The van der Waals surface area contributed by atoms with Crippen LogP contribution in [0, 0.1) is 0 Å². The molecule has 7 nitrogen and oxygen atoms in total. The van der Waals surface area contributed by atoms with E-state index < -0.39 is 5.91 Å². The van der Waals surface area contributed by atoms with Crippen molar-refractivity contribution in [3.8, 4) is 11.5 Å². The van der Waals surface area contributed by atoms with Crippen molar-refractivity contribution in [1.82, 2.24) is 15.1 Å². The minimum absolute atomic E-state index is 0. The van der Waals surface area contributed by atoms with Crippen LogP contribution in [0.1, 0.15) is 27.1 Å². The van der Waals surface area contributed by atoms with Gasteiger partial charge in [0, 0.05) is 56.4 Å². The predicted molar refractivity (Wildman–Crippen MR) is 117 cm³/mol. The molecule has 2 amide bonds. The van der Waals surface area contributed by atoms with Gasteiger partial charge in [-0.3, -0.25) is 14.5 Å². The van der Waals surface area contributed by atoms with Crippen molar-refractivity contribution in [3.05, 3.63) is 59.7 Å². The van der Waals surface area contributed by atoms with E-state index in [-0.39, 0.29) is 18.3 Å². The number of carbonyl (C=O) groups is 2. The first-order valence-corrected chi connectivity index (χ1v) is 10.0. The van der Waals surface area contributed by atoms with E-state index in [1.54, 1.807) is 48.5 Å². The summed E-state index contributed by atoms with van der Waals surface area (Å²) in [6, 6.07) is 14.3.